The first-order valence-corrected chi connectivity index (χ1v) is 5.81. The van der Waals surface area contributed by atoms with Crippen LogP contribution in [0.5, 0.6) is 0 Å². The Labute approximate surface area is 99.6 Å². The summed E-state index contributed by atoms with van der Waals surface area (Å²) in [4.78, 5) is 24.8. The summed E-state index contributed by atoms with van der Waals surface area (Å²) < 4.78 is 5.40. The van der Waals surface area contributed by atoms with E-state index in [-0.39, 0.29) is 18.4 Å². The molecule has 0 spiro atoms. The third kappa shape index (κ3) is 2.74. The fourth-order valence-electron chi connectivity index (χ4n) is 1.91. The van der Waals surface area contributed by atoms with Crippen LogP contribution in [0.3, 0.4) is 0 Å². The fourth-order valence-corrected chi connectivity index (χ4v) is 1.91. The van der Waals surface area contributed by atoms with Gasteiger partial charge in [0.15, 0.2) is 0 Å². The molecule has 1 aliphatic heterocycles. The zero-order chi connectivity index (χ0) is 12.3. The highest BCUT2D eigenvalue weighted by Crippen LogP contribution is 2.17. The molecule has 5 nitrogen and oxygen atoms in total. The molecule has 2 rings (SSSR count). The number of nitrogens with zero attached hydrogens (tertiary/aromatic N) is 1. The van der Waals surface area contributed by atoms with E-state index in [4.69, 9.17) is 10.2 Å². The van der Waals surface area contributed by atoms with Gasteiger partial charge in [-0.25, -0.2) is 0 Å². The summed E-state index contributed by atoms with van der Waals surface area (Å²) in [5, 5.41) is 0. The van der Waals surface area contributed by atoms with Crippen molar-refractivity contribution in [3.8, 4) is 0 Å². The molecule has 2 heterocycles. The number of nitrogens with two attached hydrogens (primary N) is 1. The van der Waals surface area contributed by atoms with Gasteiger partial charge in [0.25, 0.3) is 0 Å². The van der Waals surface area contributed by atoms with E-state index in [9.17, 15) is 9.59 Å². The van der Waals surface area contributed by atoms with Gasteiger partial charge in [-0.1, -0.05) is 0 Å². The number of carbonyl (C=O) groups excluding carboxylic acids is 2. The molecule has 0 radical (unpaired) electrons. The summed E-state index contributed by atoms with van der Waals surface area (Å²) in [5.74, 6) is 1.04. The highest BCUT2D eigenvalue weighted by atomic mass is 16.3. The quantitative estimate of drug-likeness (QED) is 0.799. The van der Waals surface area contributed by atoms with Gasteiger partial charge in [0.2, 0.25) is 11.8 Å². The van der Waals surface area contributed by atoms with Gasteiger partial charge in [0, 0.05) is 12.8 Å². The minimum atomic E-state index is -0.113. The molecule has 1 aromatic heterocycles. The third-order valence-electron chi connectivity index (χ3n) is 2.87. The zero-order valence-corrected chi connectivity index (χ0v) is 9.65. The Morgan fingerprint density at radius 1 is 1.12 bits per heavy atom. The largest absolute Gasteiger partial charge is 0.463 e. The lowest BCUT2D eigenvalue weighted by Crippen LogP contribution is -2.34. The molecule has 5 heteroatoms. The minimum absolute atomic E-state index is 0.113. The summed E-state index contributed by atoms with van der Waals surface area (Å²) in [7, 11) is 0. The van der Waals surface area contributed by atoms with E-state index in [1.54, 1.807) is 12.1 Å². The average Bonchev–Trinajstić information content (AvgIpc) is 2.72. The standard InChI is InChI=1S/C12H16N2O3/c13-7-9-5-6-10(17-9)8-14-11(15)3-1-2-4-12(14)16/h5-6H,1-4,7-8,13H2. The number of hydrogen-bond donors (Lipinski definition) is 1. The van der Waals surface area contributed by atoms with Crippen LogP contribution in [-0.4, -0.2) is 16.7 Å². The van der Waals surface area contributed by atoms with Crippen molar-refractivity contribution in [3.63, 3.8) is 0 Å². The maximum Gasteiger partial charge on any atom is 0.229 e. The van der Waals surface area contributed by atoms with Gasteiger partial charge in [-0.3, -0.25) is 14.5 Å². The molecule has 17 heavy (non-hydrogen) atoms. The second-order valence-corrected chi connectivity index (χ2v) is 4.15. The van der Waals surface area contributed by atoms with E-state index in [2.05, 4.69) is 0 Å². The Bertz CT molecular complexity index is 407. The average molecular weight is 236 g/mol. The number of likely N-dealkylation sites (tertiary alicyclic amines) is 1. The topological polar surface area (TPSA) is 76.5 Å². The number of imide groups is 1. The number of furan rings is 1. The second-order valence-electron chi connectivity index (χ2n) is 4.15. The first kappa shape index (κ1) is 11.9. The fraction of sp³-hybridized carbons (Fsp3) is 0.500. The lowest BCUT2D eigenvalue weighted by atomic mass is 10.2. The van der Waals surface area contributed by atoms with Crippen molar-refractivity contribution in [1.82, 2.24) is 4.90 Å². The predicted molar refractivity (Wildman–Crippen MR) is 60.6 cm³/mol. The lowest BCUT2D eigenvalue weighted by molar-refractivity contribution is -0.144. The van der Waals surface area contributed by atoms with Crippen molar-refractivity contribution >= 4 is 11.8 Å². The Balaban J connectivity index is 2.09. The highest BCUT2D eigenvalue weighted by molar-refractivity contribution is 5.95. The molecule has 0 bridgehead atoms. The predicted octanol–water partition coefficient (Wildman–Crippen LogP) is 1.17. The van der Waals surface area contributed by atoms with Crippen LogP contribution in [0.4, 0.5) is 0 Å². The molecule has 1 aromatic rings. The molecule has 1 fully saturated rings. The van der Waals surface area contributed by atoms with Crippen LogP contribution in [0.25, 0.3) is 0 Å². The van der Waals surface area contributed by atoms with Crippen LogP contribution >= 0.6 is 0 Å². The highest BCUT2D eigenvalue weighted by Gasteiger charge is 2.24. The monoisotopic (exact) mass is 236 g/mol. The van der Waals surface area contributed by atoms with Gasteiger partial charge in [0.05, 0.1) is 13.1 Å². The molecule has 2 N–H and O–H groups in total. The van der Waals surface area contributed by atoms with Crippen molar-refractivity contribution in [2.24, 2.45) is 5.73 Å². The van der Waals surface area contributed by atoms with Crippen molar-refractivity contribution in [2.45, 2.75) is 38.8 Å². The van der Waals surface area contributed by atoms with E-state index < -0.39 is 0 Å². The molecule has 1 saturated heterocycles. The van der Waals surface area contributed by atoms with E-state index in [1.807, 2.05) is 0 Å². The smallest absolute Gasteiger partial charge is 0.229 e. The van der Waals surface area contributed by atoms with Gasteiger partial charge >= 0.3 is 0 Å². The second kappa shape index (κ2) is 5.14. The van der Waals surface area contributed by atoms with Gasteiger partial charge in [-0.05, 0) is 25.0 Å². The summed E-state index contributed by atoms with van der Waals surface area (Å²) in [6, 6.07) is 3.52. The molecule has 0 unspecified atom stereocenters. The number of amides is 2. The zero-order valence-electron chi connectivity index (χ0n) is 9.65. The van der Waals surface area contributed by atoms with Crippen LogP contribution in [0.2, 0.25) is 0 Å². The van der Waals surface area contributed by atoms with E-state index in [0.29, 0.717) is 30.9 Å². The van der Waals surface area contributed by atoms with E-state index >= 15 is 0 Å². The minimum Gasteiger partial charge on any atom is -0.463 e. The summed E-state index contributed by atoms with van der Waals surface area (Å²) >= 11 is 0. The SMILES string of the molecule is NCc1ccc(CN2C(=O)CCCCC2=O)o1. The number of carbonyl (C=O) groups is 2. The normalized spacial score (nSPS) is 17.4. The number of rotatable bonds is 3. The Morgan fingerprint density at radius 2 is 1.71 bits per heavy atom. The van der Waals surface area contributed by atoms with Crippen LogP contribution in [-0.2, 0) is 22.7 Å². The molecular formula is C12H16N2O3. The first-order valence-electron chi connectivity index (χ1n) is 5.81. The number of hydrogen-bond acceptors (Lipinski definition) is 4. The molecular weight excluding hydrogens is 220 g/mol. The van der Waals surface area contributed by atoms with Gasteiger partial charge in [0.1, 0.15) is 11.5 Å². The molecule has 1 aliphatic rings. The third-order valence-corrected chi connectivity index (χ3v) is 2.87. The van der Waals surface area contributed by atoms with Gasteiger partial charge in [-0.15, -0.1) is 0 Å². The lowest BCUT2D eigenvalue weighted by Gasteiger charge is -2.16. The summed E-state index contributed by atoms with van der Waals surface area (Å²) in [6.45, 7) is 0.541. The van der Waals surface area contributed by atoms with Crippen molar-refractivity contribution in [3.05, 3.63) is 23.7 Å². The maximum atomic E-state index is 11.7. The first-order chi connectivity index (χ1) is 8.20. The Hall–Kier alpha value is -1.62. The molecule has 2 amide bonds. The molecule has 0 aliphatic carbocycles. The van der Waals surface area contributed by atoms with Gasteiger partial charge < -0.3 is 10.2 Å². The van der Waals surface area contributed by atoms with Gasteiger partial charge in [-0.2, -0.15) is 0 Å². The van der Waals surface area contributed by atoms with Crippen LogP contribution < -0.4 is 5.73 Å². The summed E-state index contributed by atoms with van der Waals surface area (Å²) in [5.41, 5.74) is 5.43. The Kier molecular flexibility index (Phi) is 3.58. The van der Waals surface area contributed by atoms with Crippen LogP contribution in [0, 0.1) is 0 Å². The van der Waals surface area contributed by atoms with Crippen molar-refractivity contribution in [1.29, 1.82) is 0 Å². The van der Waals surface area contributed by atoms with Crippen LogP contribution in [0.15, 0.2) is 16.5 Å². The van der Waals surface area contributed by atoms with Crippen LogP contribution in [0.1, 0.15) is 37.2 Å². The molecule has 0 saturated carbocycles. The van der Waals surface area contributed by atoms with E-state index in [1.165, 1.54) is 4.90 Å². The molecule has 0 atom stereocenters. The molecule has 0 aromatic carbocycles. The van der Waals surface area contributed by atoms with E-state index in [0.717, 1.165) is 12.8 Å². The molecule has 92 valence electrons. The summed E-state index contributed by atoms with van der Waals surface area (Å²) in [6.07, 6.45) is 2.45. The Morgan fingerprint density at radius 3 is 2.24 bits per heavy atom. The maximum absolute atomic E-state index is 11.7. The van der Waals surface area contributed by atoms with Crippen molar-refractivity contribution < 1.29 is 14.0 Å². The van der Waals surface area contributed by atoms with Crippen molar-refractivity contribution in [2.75, 3.05) is 0 Å².